The second kappa shape index (κ2) is 4.19. The summed E-state index contributed by atoms with van der Waals surface area (Å²) in [4.78, 5) is 22.0. The summed E-state index contributed by atoms with van der Waals surface area (Å²) in [6.07, 6.45) is 1.72. The standard InChI is InChI=1S/C10H6ClNO2Se/c11-7-3-1-6(2-4-7)5-8-9(13)12-10(14)15-8/h1-5H,(H,12,13,14)/b8-5+. The number of carbonyl (C=O) groups excluding carboxylic acids is 2. The van der Waals surface area contributed by atoms with Gasteiger partial charge in [-0.1, -0.05) is 0 Å². The van der Waals surface area contributed by atoms with E-state index < -0.39 is 15.0 Å². The van der Waals surface area contributed by atoms with Gasteiger partial charge in [0.05, 0.1) is 0 Å². The Morgan fingerprint density at radius 3 is 2.40 bits per heavy atom. The summed E-state index contributed by atoms with van der Waals surface area (Å²) >= 11 is 5.32. The average molecular weight is 287 g/mol. The minimum absolute atomic E-state index is 0.187. The number of hydrogen-bond acceptors (Lipinski definition) is 2. The van der Waals surface area contributed by atoms with Gasteiger partial charge in [-0.25, -0.2) is 0 Å². The molecule has 0 unspecified atom stereocenters. The number of rotatable bonds is 1. The molecule has 0 radical (unpaired) electrons. The summed E-state index contributed by atoms with van der Waals surface area (Å²) in [7, 11) is 0. The van der Waals surface area contributed by atoms with Crippen molar-refractivity contribution in [3.63, 3.8) is 0 Å². The van der Waals surface area contributed by atoms with Crippen molar-refractivity contribution in [2.75, 3.05) is 0 Å². The average Bonchev–Trinajstić information content (AvgIpc) is 2.49. The Kier molecular flexibility index (Phi) is 2.91. The van der Waals surface area contributed by atoms with Gasteiger partial charge in [0, 0.05) is 0 Å². The molecule has 2 rings (SSSR count). The van der Waals surface area contributed by atoms with Crippen LogP contribution in [0.3, 0.4) is 0 Å². The summed E-state index contributed by atoms with van der Waals surface area (Å²) < 4.78 is 0.551. The summed E-state index contributed by atoms with van der Waals surface area (Å²) in [6.45, 7) is 0. The predicted molar refractivity (Wildman–Crippen MR) is 58.7 cm³/mol. The van der Waals surface area contributed by atoms with Crippen molar-refractivity contribution in [1.82, 2.24) is 5.32 Å². The van der Waals surface area contributed by atoms with E-state index in [1.807, 2.05) is 12.1 Å². The fourth-order valence-electron chi connectivity index (χ4n) is 1.13. The summed E-state index contributed by atoms with van der Waals surface area (Å²) in [5.41, 5.74) is 0.876. The van der Waals surface area contributed by atoms with Crippen molar-refractivity contribution in [3.05, 3.63) is 39.3 Å². The second-order valence-corrected chi connectivity index (χ2v) is 5.47. The molecular weight excluding hydrogens is 281 g/mol. The molecule has 1 N–H and O–H groups in total. The molecule has 1 aromatic carbocycles. The molecule has 76 valence electrons. The van der Waals surface area contributed by atoms with E-state index in [2.05, 4.69) is 5.32 Å². The first-order valence-electron chi connectivity index (χ1n) is 4.15. The third kappa shape index (κ3) is 2.48. The van der Waals surface area contributed by atoms with Crippen LogP contribution in [0.2, 0.25) is 5.02 Å². The number of imide groups is 1. The molecule has 1 aromatic rings. The number of nitrogens with one attached hydrogen (secondary N) is 1. The first-order chi connectivity index (χ1) is 7.15. The summed E-state index contributed by atoms with van der Waals surface area (Å²) in [5.74, 6) is -0.282. The molecule has 2 amide bonds. The van der Waals surface area contributed by atoms with Gasteiger partial charge in [-0.3, -0.25) is 0 Å². The van der Waals surface area contributed by atoms with Crippen molar-refractivity contribution < 1.29 is 9.59 Å². The van der Waals surface area contributed by atoms with Crippen LogP contribution in [-0.4, -0.2) is 25.7 Å². The SMILES string of the molecule is O=C1NC(=O)/C(=C\c2ccc(Cl)cc2)[Se]1. The Morgan fingerprint density at radius 2 is 1.87 bits per heavy atom. The molecule has 1 aliphatic rings. The van der Waals surface area contributed by atoms with E-state index in [0.717, 1.165) is 5.56 Å². The van der Waals surface area contributed by atoms with Crippen molar-refractivity contribution in [2.24, 2.45) is 0 Å². The van der Waals surface area contributed by atoms with E-state index in [1.54, 1.807) is 18.2 Å². The van der Waals surface area contributed by atoms with Gasteiger partial charge in [-0.2, -0.15) is 0 Å². The van der Waals surface area contributed by atoms with Crippen LogP contribution in [0.1, 0.15) is 5.56 Å². The molecule has 1 heterocycles. The van der Waals surface area contributed by atoms with E-state index in [1.165, 1.54) is 0 Å². The molecule has 0 bridgehead atoms. The molecule has 15 heavy (non-hydrogen) atoms. The van der Waals surface area contributed by atoms with E-state index in [9.17, 15) is 9.59 Å². The van der Waals surface area contributed by atoms with Gasteiger partial charge in [-0.05, 0) is 0 Å². The van der Waals surface area contributed by atoms with Crippen molar-refractivity contribution >= 4 is 43.3 Å². The van der Waals surface area contributed by atoms with E-state index >= 15 is 0 Å². The van der Waals surface area contributed by atoms with E-state index in [0.29, 0.717) is 9.49 Å². The van der Waals surface area contributed by atoms with Gasteiger partial charge in [0.25, 0.3) is 0 Å². The maximum absolute atomic E-state index is 11.2. The van der Waals surface area contributed by atoms with Crippen LogP contribution in [0.5, 0.6) is 0 Å². The Balaban J connectivity index is 2.27. The van der Waals surface area contributed by atoms with Crippen LogP contribution < -0.4 is 5.32 Å². The number of amides is 2. The Morgan fingerprint density at radius 1 is 1.20 bits per heavy atom. The molecule has 0 atom stereocenters. The zero-order chi connectivity index (χ0) is 10.8. The topological polar surface area (TPSA) is 46.2 Å². The fourth-order valence-corrected chi connectivity index (χ4v) is 2.69. The quantitative estimate of drug-likeness (QED) is 0.630. The van der Waals surface area contributed by atoms with Crippen LogP contribution >= 0.6 is 11.6 Å². The van der Waals surface area contributed by atoms with E-state index in [4.69, 9.17) is 11.6 Å². The number of carbonyl (C=O) groups is 2. The number of halogens is 1. The Bertz CT molecular complexity index is 453. The maximum atomic E-state index is 11.2. The predicted octanol–water partition coefficient (Wildman–Crippen LogP) is 1.63. The van der Waals surface area contributed by atoms with Gasteiger partial charge in [0.2, 0.25) is 0 Å². The molecule has 0 spiro atoms. The first kappa shape index (κ1) is 10.4. The van der Waals surface area contributed by atoms with Gasteiger partial charge in [0.15, 0.2) is 0 Å². The van der Waals surface area contributed by atoms with Crippen molar-refractivity contribution in [3.8, 4) is 0 Å². The van der Waals surface area contributed by atoms with Crippen LogP contribution in [0.15, 0.2) is 28.7 Å². The van der Waals surface area contributed by atoms with E-state index in [-0.39, 0.29) is 10.7 Å². The van der Waals surface area contributed by atoms with Crippen LogP contribution in [0.4, 0.5) is 4.79 Å². The molecule has 1 fully saturated rings. The molecular formula is C10H6ClNO2Se. The number of benzene rings is 1. The van der Waals surface area contributed by atoms with Crippen LogP contribution in [0, 0.1) is 0 Å². The van der Waals surface area contributed by atoms with Gasteiger partial charge in [-0.15, -0.1) is 0 Å². The van der Waals surface area contributed by atoms with Crippen LogP contribution in [0.25, 0.3) is 6.08 Å². The Labute approximate surface area is 97.7 Å². The molecule has 0 aliphatic carbocycles. The molecule has 1 saturated heterocycles. The molecule has 5 heteroatoms. The van der Waals surface area contributed by atoms with Gasteiger partial charge >= 0.3 is 97.6 Å². The minimum atomic E-state index is -0.406. The van der Waals surface area contributed by atoms with Crippen molar-refractivity contribution in [2.45, 2.75) is 0 Å². The van der Waals surface area contributed by atoms with Gasteiger partial charge in [0.1, 0.15) is 0 Å². The number of hydrogen-bond donors (Lipinski definition) is 1. The zero-order valence-corrected chi connectivity index (χ0v) is 9.96. The molecule has 3 nitrogen and oxygen atoms in total. The third-order valence-corrected chi connectivity index (χ3v) is 3.76. The Hall–Kier alpha value is -1.09. The van der Waals surface area contributed by atoms with Gasteiger partial charge < -0.3 is 0 Å². The molecule has 0 aromatic heterocycles. The fraction of sp³-hybridized carbons (Fsp3) is 0. The van der Waals surface area contributed by atoms with Crippen LogP contribution in [-0.2, 0) is 4.79 Å². The second-order valence-electron chi connectivity index (χ2n) is 2.90. The summed E-state index contributed by atoms with van der Waals surface area (Å²) in [6, 6.07) is 7.11. The normalized spacial score (nSPS) is 18.3. The van der Waals surface area contributed by atoms with Crippen molar-refractivity contribution in [1.29, 1.82) is 0 Å². The molecule has 1 aliphatic heterocycles. The first-order valence-corrected chi connectivity index (χ1v) is 6.25. The monoisotopic (exact) mass is 287 g/mol. The molecule has 0 saturated carbocycles. The summed E-state index contributed by atoms with van der Waals surface area (Å²) in [5, 5.41) is 2.90. The zero-order valence-electron chi connectivity index (χ0n) is 7.49. The third-order valence-electron chi connectivity index (χ3n) is 1.81.